The van der Waals surface area contributed by atoms with Crippen molar-refractivity contribution in [2.45, 2.75) is 19.5 Å². The molecular weight excluding hydrogens is 263 g/mol. The molecule has 0 saturated carbocycles. The molecule has 1 aromatic rings. The Morgan fingerprint density at radius 3 is 2.60 bits per heavy atom. The van der Waals surface area contributed by atoms with Crippen molar-refractivity contribution < 1.29 is 18.7 Å². The number of amides is 1. The zero-order valence-electron chi connectivity index (χ0n) is 11.9. The quantitative estimate of drug-likeness (QED) is 0.789. The van der Waals surface area contributed by atoms with Gasteiger partial charge in [0.05, 0.1) is 7.11 Å². The number of nitrogens with one attached hydrogen (secondary N) is 1. The van der Waals surface area contributed by atoms with Crippen LogP contribution in [0.15, 0.2) is 24.3 Å². The molecule has 110 valence electrons. The van der Waals surface area contributed by atoms with Crippen molar-refractivity contribution in [3.63, 3.8) is 0 Å². The molecule has 0 aliphatic rings. The Hall–Kier alpha value is -1.95. The maximum atomic E-state index is 13.5. The fourth-order valence-electron chi connectivity index (χ4n) is 1.86. The van der Waals surface area contributed by atoms with Crippen LogP contribution in [-0.4, -0.2) is 43.5 Å². The number of esters is 1. The monoisotopic (exact) mass is 282 g/mol. The summed E-state index contributed by atoms with van der Waals surface area (Å²) in [5.41, 5.74) is 0.529. The highest BCUT2D eigenvalue weighted by Crippen LogP contribution is 2.09. The zero-order chi connectivity index (χ0) is 15.1. The number of hydrogen-bond donors (Lipinski definition) is 1. The fourth-order valence-corrected chi connectivity index (χ4v) is 1.86. The lowest BCUT2D eigenvalue weighted by Gasteiger charge is -2.23. The maximum Gasteiger partial charge on any atom is 0.329 e. The molecule has 0 heterocycles. The number of benzene rings is 1. The second-order valence-electron chi connectivity index (χ2n) is 4.56. The number of hydrogen-bond acceptors (Lipinski definition) is 4. The lowest BCUT2D eigenvalue weighted by atomic mass is 10.2. The van der Waals surface area contributed by atoms with E-state index >= 15 is 0 Å². The van der Waals surface area contributed by atoms with E-state index < -0.39 is 12.0 Å². The molecule has 1 rings (SSSR count). The highest BCUT2D eigenvalue weighted by Gasteiger charge is 2.22. The van der Waals surface area contributed by atoms with E-state index in [1.54, 1.807) is 30.1 Å². The summed E-state index contributed by atoms with van der Waals surface area (Å²) in [7, 11) is 3.00. The number of nitrogens with zero attached hydrogens (tertiary/aromatic N) is 1. The van der Waals surface area contributed by atoms with E-state index in [0.717, 1.165) is 0 Å². The Balaban J connectivity index is 2.66. The second kappa shape index (κ2) is 7.59. The average molecular weight is 282 g/mol. The van der Waals surface area contributed by atoms with Crippen molar-refractivity contribution in [3.8, 4) is 0 Å². The molecule has 20 heavy (non-hydrogen) atoms. The first-order valence-corrected chi connectivity index (χ1v) is 6.21. The van der Waals surface area contributed by atoms with Crippen LogP contribution in [0.2, 0.25) is 0 Å². The van der Waals surface area contributed by atoms with Gasteiger partial charge < -0.3 is 10.1 Å². The summed E-state index contributed by atoms with van der Waals surface area (Å²) < 4.78 is 18.2. The van der Waals surface area contributed by atoms with Gasteiger partial charge in [0.15, 0.2) is 0 Å². The first kappa shape index (κ1) is 16.1. The van der Waals surface area contributed by atoms with Crippen LogP contribution in [0.1, 0.15) is 12.5 Å². The van der Waals surface area contributed by atoms with Crippen LogP contribution in [-0.2, 0) is 20.9 Å². The van der Waals surface area contributed by atoms with Crippen LogP contribution in [0.3, 0.4) is 0 Å². The van der Waals surface area contributed by atoms with Gasteiger partial charge in [-0.1, -0.05) is 18.2 Å². The molecule has 1 N–H and O–H groups in total. The molecule has 0 radical (unpaired) electrons. The molecule has 0 spiro atoms. The highest BCUT2D eigenvalue weighted by molar-refractivity contribution is 5.83. The van der Waals surface area contributed by atoms with Crippen LogP contribution in [0.4, 0.5) is 4.39 Å². The maximum absolute atomic E-state index is 13.5. The summed E-state index contributed by atoms with van der Waals surface area (Å²) in [6, 6.07) is 5.66. The summed E-state index contributed by atoms with van der Waals surface area (Å²) in [5.74, 6) is -1.14. The minimum Gasteiger partial charge on any atom is -0.467 e. The zero-order valence-corrected chi connectivity index (χ0v) is 11.9. The van der Waals surface area contributed by atoms with Crippen molar-refractivity contribution in [1.82, 2.24) is 10.2 Å². The topological polar surface area (TPSA) is 58.6 Å². The third kappa shape index (κ3) is 4.97. The predicted molar refractivity (Wildman–Crippen MR) is 72.4 cm³/mol. The van der Waals surface area contributed by atoms with Crippen molar-refractivity contribution in [2.75, 3.05) is 20.7 Å². The van der Waals surface area contributed by atoms with Crippen LogP contribution in [0.5, 0.6) is 0 Å². The molecule has 1 unspecified atom stereocenters. The highest BCUT2D eigenvalue weighted by atomic mass is 19.1. The first-order valence-electron chi connectivity index (χ1n) is 6.21. The van der Waals surface area contributed by atoms with E-state index in [2.05, 4.69) is 10.1 Å². The van der Waals surface area contributed by atoms with Crippen molar-refractivity contribution >= 4 is 11.9 Å². The van der Waals surface area contributed by atoms with E-state index in [1.807, 2.05) is 0 Å². The summed E-state index contributed by atoms with van der Waals surface area (Å²) in [5, 5.41) is 2.51. The lowest BCUT2D eigenvalue weighted by Crippen LogP contribution is -2.47. The van der Waals surface area contributed by atoms with Gasteiger partial charge in [0.2, 0.25) is 5.91 Å². The first-order chi connectivity index (χ1) is 9.43. The van der Waals surface area contributed by atoms with Crippen molar-refractivity contribution in [2.24, 2.45) is 0 Å². The Labute approximate surface area is 117 Å². The minimum absolute atomic E-state index is 0.237. The van der Waals surface area contributed by atoms with Gasteiger partial charge in [0.25, 0.3) is 0 Å². The minimum atomic E-state index is -0.769. The van der Waals surface area contributed by atoms with Crippen LogP contribution >= 0.6 is 0 Å². The summed E-state index contributed by atoms with van der Waals surface area (Å²) in [4.78, 5) is 24.4. The molecule has 6 heteroatoms. The Morgan fingerprint density at radius 2 is 2.05 bits per heavy atom. The average Bonchev–Trinajstić information content (AvgIpc) is 2.39. The number of carbonyl (C=O) groups excluding carboxylic acids is 2. The second-order valence-corrected chi connectivity index (χ2v) is 4.56. The number of likely N-dealkylation sites (N-methyl/N-ethyl adjacent to an activating group) is 1. The standard InChI is InChI=1S/C14H19FN2O3/c1-10(18)16-13(14(19)20-3)9-17(2)8-11-6-4-5-7-12(11)15/h4-7,13H,8-9H2,1-3H3,(H,16,18). The molecule has 0 aliphatic carbocycles. The number of halogens is 1. The molecule has 0 bridgehead atoms. The molecule has 5 nitrogen and oxygen atoms in total. The Morgan fingerprint density at radius 1 is 1.40 bits per heavy atom. The van der Waals surface area contributed by atoms with Gasteiger partial charge in [0, 0.05) is 25.6 Å². The fraction of sp³-hybridized carbons (Fsp3) is 0.429. The van der Waals surface area contributed by atoms with Crippen LogP contribution < -0.4 is 5.32 Å². The van der Waals surface area contributed by atoms with Crippen molar-refractivity contribution in [1.29, 1.82) is 0 Å². The summed E-state index contributed by atoms with van der Waals surface area (Å²) >= 11 is 0. The van der Waals surface area contributed by atoms with E-state index in [0.29, 0.717) is 12.1 Å². The van der Waals surface area contributed by atoms with Gasteiger partial charge in [-0.3, -0.25) is 9.69 Å². The van der Waals surface area contributed by atoms with Gasteiger partial charge in [-0.05, 0) is 13.1 Å². The van der Waals surface area contributed by atoms with Gasteiger partial charge in [-0.2, -0.15) is 0 Å². The van der Waals surface area contributed by atoms with E-state index in [9.17, 15) is 14.0 Å². The molecule has 0 aliphatic heterocycles. The molecule has 0 aromatic heterocycles. The normalized spacial score (nSPS) is 12.1. The Kier molecular flexibility index (Phi) is 6.11. The van der Waals surface area contributed by atoms with Crippen LogP contribution in [0, 0.1) is 5.82 Å². The van der Waals surface area contributed by atoms with E-state index in [1.165, 1.54) is 20.1 Å². The number of carbonyl (C=O) groups is 2. The third-order valence-electron chi connectivity index (χ3n) is 2.76. The molecule has 1 atom stereocenters. The Bertz CT molecular complexity index is 479. The summed E-state index contributed by atoms with van der Waals surface area (Å²) in [6.07, 6.45) is 0. The summed E-state index contributed by atoms with van der Waals surface area (Å²) in [6.45, 7) is 1.90. The number of rotatable bonds is 6. The van der Waals surface area contributed by atoms with Crippen LogP contribution in [0.25, 0.3) is 0 Å². The van der Waals surface area contributed by atoms with Gasteiger partial charge in [-0.15, -0.1) is 0 Å². The van der Waals surface area contributed by atoms with Gasteiger partial charge in [-0.25, -0.2) is 9.18 Å². The van der Waals surface area contributed by atoms with Gasteiger partial charge >= 0.3 is 5.97 Å². The number of methoxy groups -OCH3 is 1. The SMILES string of the molecule is COC(=O)C(CN(C)Cc1ccccc1F)NC(C)=O. The third-order valence-corrected chi connectivity index (χ3v) is 2.76. The predicted octanol–water partition coefficient (Wildman–Crippen LogP) is 0.935. The number of ether oxygens (including phenoxy) is 1. The largest absolute Gasteiger partial charge is 0.467 e. The van der Waals surface area contributed by atoms with E-state index in [-0.39, 0.29) is 18.3 Å². The smallest absolute Gasteiger partial charge is 0.329 e. The molecular formula is C14H19FN2O3. The van der Waals surface area contributed by atoms with Crippen molar-refractivity contribution in [3.05, 3.63) is 35.6 Å². The van der Waals surface area contributed by atoms with Gasteiger partial charge in [0.1, 0.15) is 11.9 Å². The molecule has 1 aromatic carbocycles. The lowest BCUT2D eigenvalue weighted by molar-refractivity contribution is -0.145. The molecule has 0 fully saturated rings. The van der Waals surface area contributed by atoms with E-state index in [4.69, 9.17) is 0 Å². The molecule has 0 saturated heterocycles. The molecule has 1 amide bonds.